The number of alkyl halides is 1. The second-order valence-electron chi connectivity index (χ2n) is 4.65. The molecule has 0 saturated carbocycles. The van der Waals surface area contributed by atoms with Gasteiger partial charge in [-0.25, -0.2) is 4.39 Å². The van der Waals surface area contributed by atoms with Crippen LogP contribution in [0.5, 0.6) is 11.5 Å². The molecule has 0 unspecified atom stereocenters. The summed E-state index contributed by atoms with van der Waals surface area (Å²) < 4.78 is 18.4. The molecule has 2 aromatic carbocycles. The molecule has 0 heterocycles. The van der Waals surface area contributed by atoms with Crippen molar-refractivity contribution in [1.29, 1.82) is 0 Å². The van der Waals surface area contributed by atoms with Gasteiger partial charge in [0.15, 0.2) is 5.78 Å². The first-order valence-corrected chi connectivity index (χ1v) is 7.35. The second kappa shape index (κ2) is 7.79. The predicted octanol–water partition coefficient (Wildman–Crippen LogP) is 5.21. The SMILES string of the molecule is O=C(CCCCCl)c1ccc(Oc2ccc(F)cc2)cc1. The maximum absolute atomic E-state index is 12.8. The van der Waals surface area contributed by atoms with E-state index in [4.69, 9.17) is 16.3 Å². The van der Waals surface area contributed by atoms with Gasteiger partial charge in [0.05, 0.1) is 0 Å². The van der Waals surface area contributed by atoms with E-state index in [1.54, 1.807) is 36.4 Å². The Bertz CT molecular complexity index is 579. The molecule has 4 heteroatoms. The maximum atomic E-state index is 12.8. The zero-order chi connectivity index (χ0) is 15.1. The monoisotopic (exact) mass is 306 g/mol. The van der Waals surface area contributed by atoms with Gasteiger partial charge >= 0.3 is 0 Å². The van der Waals surface area contributed by atoms with E-state index in [1.165, 1.54) is 12.1 Å². The molecular weight excluding hydrogens is 291 g/mol. The Labute approximate surface area is 128 Å². The fourth-order valence-corrected chi connectivity index (χ4v) is 2.06. The zero-order valence-electron chi connectivity index (χ0n) is 11.5. The molecule has 2 rings (SSSR count). The summed E-state index contributed by atoms with van der Waals surface area (Å²) in [6.45, 7) is 0. The fourth-order valence-electron chi connectivity index (χ4n) is 1.87. The van der Waals surface area contributed by atoms with Crippen LogP contribution in [0.3, 0.4) is 0 Å². The average Bonchev–Trinajstić information content (AvgIpc) is 2.50. The van der Waals surface area contributed by atoms with E-state index in [0.717, 1.165) is 12.8 Å². The summed E-state index contributed by atoms with van der Waals surface area (Å²) in [5.74, 6) is 1.54. The standard InChI is InChI=1S/C17H16ClFO2/c18-12-2-1-3-17(20)13-4-8-15(9-5-13)21-16-10-6-14(19)7-11-16/h4-11H,1-3,12H2. The van der Waals surface area contributed by atoms with Crippen LogP contribution in [0.25, 0.3) is 0 Å². The molecule has 0 N–H and O–H groups in total. The number of Topliss-reactive ketones (excluding diaryl/α,β-unsaturated/α-hetero) is 1. The lowest BCUT2D eigenvalue weighted by Crippen LogP contribution is -1.99. The summed E-state index contributed by atoms with van der Waals surface area (Å²) in [6, 6.07) is 12.7. The Hall–Kier alpha value is -1.87. The normalized spacial score (nSPS) is 10.4. The van der Waals surface area contributed by atoms with Crippen LogP contribution in [0.4, 0.5) is 4.39 Å². The minimum Gasteiger partial charge on any atom is -0.457 e. The molecule has 110 valence electrons. The van der Waals surface area contributed by atoms with Gasteiger partial charge in [0.25, 0.3) is 0 Å². The molecule has 0 aliphatic rings. The highest BCUT2D eigenvalue weighted by molar-refractivity contribution is 6.17. The first-order valence-electron chi connectivity index (χ1n) is 6.81. The lowest BCUT2D eigenvalue weighted by molar-refractivity contribution is 0.0980. The fraction of sp³-hybridized carbons (Fsp3) is 0.235. The third kappa shape index (κ3) is 4.87. The summed E-state index contributed by atoms with van der Waals surface area (Å²) in [7, 11) is 0. The van der Waals surface area contributed by atoms with E-state index in [-0.39, 0.29) is 11.6 Å². The summed E-state index contributed by atoms with van der Waals surface area (Å²) in [5.41, 5.74) is 0.663. The number of benzene rings is 2. The summed E-state index contributed by atoms with van der Waals surface area (Å²) in [5, 5.41) is 0. The molecule has 2 nitrogen and oxygen atoms in total. The van der Waals surface area contributed by atoms with Crippen molar-refractivity contribution in [3.8, 4) is 11.5 Å². The third-order valence-corrected chi connectivity index (χ3v) is 3.28. The number of ketones is 1. The largest absolute Gasteiger partial charge is 0.457 e. The van der Waals surface area contributed by atoms with E-state index in [1.807, 2.05) is 0 Å². The van der Waals surface area contributed by atoms with Crippen molar-refractivity contribution in [3.63, 3.8) is 0 Å². The van der Waals surface area contributed by atoms with Gasteiger partial charge < -0.3 is 4.74 Å². The van der Waals surface area contributed by atoms with Gasteiger partial charge in [0.1, 0.15) is 17.3 Å². The molecule has 2 aromatic rings. The van der Waals surface area contributed by atoms with E-state index in [2.05, 4.69) is 0 Å². The van der Waals surface area contributed by atoms with Gasteiger partial charge in [-0.05, 0) is 61.4 Å². The molecule has 0 bridgehead atoms. The van der Waals surface area contributed by atoms with E-state index in [0.29, 0.717) is 29.4 Å². The van der Waals surface area contributed by atoms with Crippen molar-refractivity contribution < 1.29 is 13.9 Å². The van der Waals surface area contributed by atoms with E-state index >= 15 is 0 Å². The van der Waals surface area contributed by atoms with Gasteiger partial charge in [0.2, 0.25) is 0 Å². The van der Waals surface area contributed by atoms with Crippen LogP contribution < -0.4 is 4.74 Å². The van der Waals surface area contributed by atoms with Gasteiger partial charge in [0, 0.05) is 17.9 Å². The van der Waals surface area contributed by atoms with Crippen LogP contribution >= 0.6 is 11.6 Å². The van der Waals surface area contributed by atoms with Crippen molar-refractivity contribution in [3.05, 3.63) is 59.9 Å². The highest BCUT2D eigenvalue weighted by Crippen LogP contribution is 2.22. The number of hydrogen-bond acceptors (Lipinski definition) is 2. The topological polar surface area (TPSA) is 26.3 Å². The van der Waals surface area contributed by atoms with Crippen LogP contribution in [0.2, 0.25) is 0 Å². The van der Waals surface area contributed by atoms with Crippen LogP contribution in [-0.4, -0.2) is 11.7 Å². The number of ether oxygens (including phenoxy) is 1. The predicted molar refractivity (Wildman–Crippen MR) is 81.8 cm³/mol. The molecule has 0 spiro atoms. The molecule has 0 radical (unpaired) electrons. The highest BCUT2D eigenvalue weighted by Gasteiger charge is 2.06. The third-order valence-electron chi connectivity index (χ3n) is 3.01. The van der Waals surface area contributed by atoms with Gasteiger partial charge in [-0.1, -0.05) is 0 Å². The average molecular weight is 307 g/mol. The number of hydrogen-bond donors (Lipinski definition) is 0. The van der Waals surface area contributed by atoms with Gasteiger partial charge in [-0.3, -0.25) is 4.79 Å². The van der Waals surface area contributed by atoms with Crippen LogP contribution in [0.1, 0.15) is 29.6 Å². The van der Waals surface area contributed by atoms with Crippen LogP contribution in [0.15, 0.2) is 48.5 Å². The van der Waals surface area contributed by atoms with Crippen LogP contribution in [-0.2, 0) is 0 Å². The molecule has 0 aliphatic carbocycles. The van der Waals surface area contributed by atoms with Crippen LogP contribution in [0, 0.1) is 5.82 Å². The maximum Gasteiger partial charge on any atom is 0.162 e. The lowest BCUT2D eigenvalue weighted by atomic mass is 10.1. The number of unbranched alkanes of at least 4 members (excludes halogenated alkanes) is 1. The van der Waals surface area contributed by atoms with Crippen molar-refractivity contribution in [2.45, 2.75) is 19.3 Å². The minimum atomic E-state index is -0.305. The Morgan fingerprint density at radius 1 is 0.952 bits per heavy atom. The number of carbonyl (C=O) groups excluding carboxylic acids is 1. The van der Waals surface area contributed by atoms with Crippen molar-refractivity contribution in [2.24, 2.45) is 0 Å². The zero-order valence-corrected chi connectivity index (χ0v) is 12.3. The molecule has 0 saturated heterocycles. The van der Waals surface area contributed by atoms with E-state index < -0.39 is 0 Å². The minimum absolute atomic E-state index is 0.105. The second-order valence-corrected chi connectivity index (χ2v) is 5.03. The van der Waals surface area contributed by atoms with Crippen molar-refractivity contribution in [1.82, 2.24) is 0 Å². The summed E-state index contributed by atoms with van der Waals surface area (Å²) >= 11 is 5.59. The highest BCUT2D eigenvalue weighted by atomic mass is 35.5. The van der Waals surface area contributed by atoms with Crippen molar-refractivity contribution in [2.75, 3.05) is 5.88 Å². The molecule has 21 heavy (non-hydrogen) atoms. The first-order chi connectivity index (χ1) is 10.2. The van der Waals surface area contributed by atoms with Crippen molar-refractivity contribution >= 4 is 17.4 Å². The Morgan fingerprint density at radius 3 is 2.10 bits per heavy atom. The number of halogens is 2. The molecule has 0 atom stereocenters. The summed E-state index contributed by atoms with van der Waals surface area (Å²) in [4.78, 5) is 11.9. The molecule has 0 aromatic heterocycles. The summed E-state index contributed by atoms with van der Waals surface area (Å²) in [6.07, 6.45) is 2.15. The Kier molecular flexibility index (Phi) is 5.76. The first kappa shape index (κ1) is 15.5. The smallest absolute Gasteiger partial charge is 0.162 e. The Balaban J connectivity index is 1.95. The van der Waals surface area contributed by atoms with Gasteiger partial charge in [-0.2, -0.15) is 0 Å². The molecule has 0 fully saturated rings. The quantitative estimate of drug-likeness (QED) is 0.399. The number of rotatable bonds is 7. The molecular formula is C17H16ClFO2. The molecule has 0 aliphatic heterocycles. The molecule has 0 amide bonds. The lowest BCUT2D eigenvalue weighted by Gasteiger charge is -2.06. The number of carbonyl (C=O) groups is 1. The Morgan fingerprint density at radius 2 is 1.52 bits per heavy atom. The van der Waals surface area contributed by atoms with E-state index in [9.17, 15) is 9.18 Å². The van der Waals surface area contributed by atoms with Gasteiger partial charge in [-0.15, -0.1) is 11.6 Å².